The molecule has 0 bridgehead atoms. The van der Waals surface area contributed by atoms with E-state index in [0.29, 0.717) is 22.2 Å². The fourth-order valence-corrected chi connectivity index (χ4v) is 1.68. The van der Waals surface area contributed by atoms with E-state index in [2.05, 4.69) is 9.97 Å². The molecule has 0 fully saturated rings. The Kier molecular flexibility index (Phi) is 2.80. The van der Waals surface area contributed by atoms with Crippen molar-refractivity contribution >= 4 is 11.6 Å². The summed E-state index contributed by atoms with van der Waals surface area (Å²) in [6.07, 6.45) is 1.48. The Bertz CT molecular complexity index is 557. The molecule has 5 heteroatoms. The highest BCUT2D eigenvalue weighted by atomic mass is 35.5. The number of aromatic nitrogens is 2. The van der Waals surface area contributed by atoms with E-state index < -0.39 is 0 Å². The average molecular weight is 234 g/mol. The molecule has 0 unspecified atom stereocenters. The monoisotopic (exact) mass is 233 g/mol. The van der Waals surface area contributed by atoms with Gasteiger partial charge in [0.05, 0.1) is 24.2 Å². The number of aromatic amines is 1. The summed E-state index contributed by atoms with van der Waals surface area (Å²) in [5.41, 5.74) is 1.81. The number of halogens is 1. The van der Waals surface area contributed by atoms with Gasteiger partial charge in [-0.2, -0.15) is 5.26 Å². The number of nitrogens with one attached hydrogen (secondary N) is 1. The molecule has 0 saturated heterocycles. The van der Waals surface area contributed by atoms with Crippen molar-refractivity contribution < 1.29 is 4.74 Å². The molecule has 0 aliphatic carbocycles. The van der Waals surface area contributed by atoms with Crippen LogP contribution in [0.5, 0.6) is 5.75 Å². The molecule has 4 nitrogen and oxygen atoms in total. The molecule has 0 atom stereocenters. The topological polar surface area (TPSA) is 61.7 Å². The van der Waals surface area contributed by atoms with Gasteiger partial charge >= 0.3 is 0 Å². The predicted molar refractivity (Wildman–Crippen MR) is 60.3 cm³/mol. The largest absolute Gasteiger partial charge is 0.495 e. The quantitative estimate of drug-likeness (QED) is 0.867. The summed E-state index contributed by atoms with van der Waals surface area (Å²) >= 11 is 6.00. The zero-order valence-corrected chi connectivity index (χ0v) is 9.25. The molecule has 0 aliphatic heterocycles. The van der Waals surface area contributed by atoms with Gasteiger partial charge in [-0.3, -0.25) is 0 Å². The predicted octanol–water partition coefficient (Wildman–Crippen LogP) is 2.61. The van der Waals surface area contributed by atoms with Crippen LogP contribution in [0.1, 0.15) is 5.69 Å². The normalized spacial score (nSPS) is 9.81. The molecule has 0 radical (unpaired) electrons. The Morgan fingerprint density at radius 3 is 2.94 bits per heavy atom. The number of hydrogen-bond acceptors (Lipinski definition) is 3. The average Bonchev–Trinajstić information content (AvgIpc) is 2.77. The van der Waals surface area contributed by atoms with Gasteiger partial charge in [0.1, 0.15) is 11.8 Å². The molecule has 80 valence electrons. The van der Waals surface area contributed by atoms with Crippen molar-refractivity contribution in [3.63, 3.8) is 0 Å². The molecular formula is C11H8ClN3O. The fraction of sp³-hybridized carbons (Fsp3) is 0.0909. The Morgan fingerprint density at radius 1 is 1.50 bits per heavy atom. The lowest BCUT2D eigenvalue weighted by Gasteiger charge is -2.04. The molecule has 0 amide bonds. The van der Waals surface area contributed by atoms with Crippen molar-refractivity contribution in [2.45, 2.75) is 0 Å². The van der Waals surface area contributed by atoms with Gasteiger partial charge in [0.15, 0.2) is 5.69 Å². The second-order valence-electron chi connectivity index (χ2n) is 3.09. The van der Waals surface area contributed by atoms with Gasteiger partial charge in [-0.15, -0.1) is 0 Å². The van der Waals surface area contributed by atoms with Gasteiger partial charge in [0.2, 0.25) is 0 Å². The summed E-state index contributed by atoms with van der Waals surface area (Å²) in [6, 6.07) is 7.30. The summed E-state index contributed by atoms with van der Waals surface area (Å²) in [5, 5.41) is 9.35. The maximum Gasteiger partial charge on any atom is 0.166 e. The summed E-state index contributed by atoms with van der Waals surface area (Å²) in [6.45, 7) is 0. The van der Waals surface area contributed by atoms with Crippen LogP contribution in [0.2, 0.25) is 5.02 Å². The SMILES string of the molecule is COc1ccc(-c2[nH]cnc2C#N)cc1Cl. The molecule has 2 aromatic rings. The van der Waals surface area contributed by atoms with Crippen LogP contribution in [0.15, 0.2) is 24.5 Å². The molecule has 0 spiro atoms. The van der Waals surface area contributed by atoms with E-state index >= 15 is 0 Å². The second-order valence-corrected chi connectivity index (χ2v) is 3.49. The molecule has 1 heterocycles. The highest BCUT2D eigenvalue weighted by Gasteiger charge is 2.09. The third kappa shape index (κ3) is 1.73. The molecule has 1 N–H and O–H groups in total. The van der Waals surface area contributed by atoms with Gasteiger partial charge in [-0.05, 0) is 18.2 Å². The van der Waals surface area contributed by atoms with Gasteiger partial charge < -0.3 is 9.72 Å². The van der Waals surface area contributed by atoms with Crippen molar-refractivity contribution in [2.24, 2.45) is 0 Å². The zero-order chi connectivity index (χ0) is 11.5. The van der Waals surface area contributed by atoms with E-state index in [4.69, 9.17) is 21.6 Å². The van der Waals surface area contributed by atoms with Crippen LogP contribution in [-0.2, 0) is 0 Å². The third-order valence-corrected chi connectivity index (χ3v) is 2.48. The summed E-state index contributed by atoms with van der Waals surface area (Å²) in [4.78, 5) is 6.80. The smallest absolute Gasteiger partial charge is 0.166 e. The second kappa shape index (κ2) is 4.25. The Hall–Kier alpha value is -1.99. The van der Waals surface area contributed by atoms with Gasteiger partial charge in [0, 0.05) is 5.56 Å². The van der Waals surface area contributed by atoms with Gasteiger partial charge in [-0.1, -0.05) is 11.6 Å². The van der Waals surface area contributed by atoms with E-state index in [1.165, 1.54) is 6.33 Å². The maximum atomic E-state index is 8.85. The minimum Gasteiger partial charge on any atom is -0.495 e. The van der Waals surface area contributed by atoms with Gasteiger partial charge in [0.25, 0.3) is 0 Å². The Labute approximate surface area is 97.5 Å². The highest BCUT2D eigenvalue weighted by molar-refractivity contribution is 6.32. The first-order chi connectivity index (χ1) is 7.76. The number of ether oxygens (including phenoxy) is 1. The number of methoxy groups -OCH3 is 1. The first-order valence-electron chi connectivity index (χ1n) is 4.53. The molecule has 2 rings (SSSR count). The van der Waals surface area contributed by atoms with Crippen molar-refractivity contribution in [1.29, 1.82) is 5.26 Å². The van der Waals surface area contributed by atoms with Crippen LogP contribution in [0, 0.1) is 11.3 Å². The van der Waals surface area contributed by atoms with Crippen molar-refractivity contribution in [2.75, 3.05) is 7.11 Å². The number of rotatable bonds is 2. The van der Waals surface area contributed by atoms with Crippen molar-refractivity contribution in [1.82, 2.24) is 9.97 Å². The fourth-order valence-electron chi connectivity index (χ4n) is 1.42. The van der Waals surface area contributed by atoms with E-state index in [-0.39, 0.29) is 0 Å². The van der Waals surface area contributed by atoms with Crippen molar-refractivity contribution in [3.8, 4) is 23.1 Å². The zero-order valence-electron chi connectivity index (χ0n) is 8.49. The Morgan fingerprint density at radius 2 is 2.31 bits per heavy atom. The summed E-state index contributed by atoms with van der Waals surface area (Å²) < 4.78 is 5.05. The number of nitriles is 1. The van der Waals surface area contributed by atoms with E-state index in [1.54, 1.807) is 19.2 Å². The number of benzene rings is 1. The van der Waals surface area contributed by atoms with E-state index in [9.17, 15) is 0 Å². The highest BCUT2D eigenvalue weighted by Crippen LogP contribution is 2.30. The first-order valence-corrected chi connectivity index (χ1v) is 4.91. The van der Waals surface area contributed by atoms with Gasteiger partial charge in [-0.25, -0.2) is 4.98 Å². The van der Waals surface area contributed by atoms with Crippen LogP contribution in [0.4, 0.5) is 0 Å². The molecule has 1 aromatic carbocycles. The lowest BCUT2D eigenvalue weighted by Crippen LogP contribution is -1.86. The van der Waals surface area contributed by atoms with E-state index in [0.717, 1.165) is 5.56 Å². The van der Waals surface area contributed by atoms with Crippen LogP contribution in [0.25, 0.3) is 11.3 Å². The standard InChI is InChI=1S/C11H8ClN3O/c1-16-10-3-2-7(4-8(10)12)11-9(5-13)14-6-15-11/h2-4,6H,1H3,(H,14,15). The number of H-pyrrole nitrogens is 1. The van der Waals surface area contributed by atoms with Crippen LogP contribution in [-0.4, -0.2) is 17.1 Å². The van der Waals surface area contributed by atoms with Crippen molar-refractivity contribution in [3.05, 3.63) is 35.2 Å². The Balaban J connectivity index is 2.50. The maximum absolute atomic E-state index is 8.85. The number of imidazole rings is 1. The van der Waals surface area contributed by atoms with Crippen LogP contribution in [0.3, 0.4) is 0 Å². The number of hydrogen-bond donors (Lipinski definition) is 1. The minimum atomic E-state index is 0.348. The summed E-state index contributed by atoms with van der Waals surface area (Å²) in [7, 11) is 1.55. The lowest BCUT2D eigenvalue weighted by molar-refractivity contribution is 0.415. The third-order valence-electron chi connectivity index (χ3n) is 2.19. The summed E-state index contributed by atoms with van der Waals surface area (Å²) in [5.74, 6) is 0.600. The first kappa shape index (κ1) is 10.5. The van der Waals surface area contributed by atoms with E-state index in [1.807, 2.05) is 12.1 Å². The molecule has 16 heavy (non-hydrogen) atoms. The number of nitrogens with zero attached hydrogens (tertiary/aromatic N) is 2. The molecule has 1 aromatic heterocycles. The van der Waals surface area contributed by atoms with Crippen LogP contribution < -0.4 is 4.74 Å². The minimum absolute atomic E-state index is 0.348. The molecule has 0 aliphatic rings. The molecular weight excluding hydrogens is 226 g/mol. The lowest BCUT2D eigenvalue weighted by atomic mass is 10.1. The van der Waals surface area contributed by atoms with Crippen LogP contribution >= 0.6 is 11.6 Å². The molecule has 0 saturated carbocycles.